The zero-order valence-corrected chi connectivity index (χ0v) is 17.8. The number of aromatic nitrogens is 2. The van der Waals surface area contributed by atoms with Crippen molar-refractivity contribution in [3.63, 3.8) is 0 Å². The van der Waals surface area contributed by atoms with E-state index in [0.29, 0.717) is 9.83 Å². The molecule has 1 fully saturated rings. The van der Waals surface area contributed by atoms with Crippen LogP contribution in [0.2, 0.25) is 0 Å². The standard InChI is InChI=1S/C20H20F3N5O3S/c1-10-8-28(3-2-27(10)19(24)31,18-14(23)4-11(7-25-18)16(30)9-29)20-26-15-5-12(21)13(22)6-17(15)32-20/h4-7,10,16,29-30H,2-3,8-9H2,1H3,(H-,24,31)/p+1/t10?,16-,28?/m1/s1. The first-order valence-electron chi connectivity index (χ1n) is 9.80. The number of hydrogen-bond acceptors (Lipinski definition) is 6. The lowest BCUT2D eigenvalue weighted by atomic mass is 10.1. The molecule has 0 saturated carbocycles. The first-order valence-corrected chi connectivity index (χ1v) is 10.6. The molecule has 4 rings (SSSR count). The minimum atomic E-state index is -1.29. The Labute approximate surface area is 184 Å². The lowest BCUT2D eigenvalue weighted by Gasteiger charge is -2.44. The Hall–Kier alpha value is -2.80. The molecule has 2 amide bonds. The molecule has 1 saturated heterocycles. The quantitative estimate of drug-likeness (QED) is 0.510. The SMILES string of the molecule is CC1C[N+](c2nc3cc(F)c(F)cc3s2)(c2ncc([C@H](O)CO)cc2F)CCN1C(N)=O. The van der Waals surface area contributed by atoms with Crippen molar-refractivity contribution in [3.05, 3.63) is 47.4 Å². The van der Waals surface area contributed by atoms with Crippen molar-refractivity contribution in [2.75, 3.05) is 26.2 Å². The molecule has 1 aliphatic rings. The Bertz CT molecular complexity index is 1150. The molecule has 3 heterocycles. The Morgan fingerprint density at radius 2 is 2.03 bits per heavy atom. The maximum absolute atomic E-state index is 15.3. The van der Waals surface area contributed by atoms with Crippen LogP contribution in [0.25, 0.3) is 10.2 Å². The van der Waals surface area contributed by atoms with Gasteiger partial charge in [0.2, 0.25) is 5.82 Å². The Balaban J connectivity index is 1.88. The van der Waals surface area contributed by atoms with E-state index in [1.165, 1.54) is 11.1 Å². The van der Waals surface area contributed by atoms with Crippen molar-refractivity contribution in [3.8, 4) is 0 Å². The molecule has 32 heavy (non-hydrogen) atoms. The van der Waals surface area contributed by atoms with E-state index in [2.05, 4.69) is 9.97 Å². The summed E-state index contributed by atoms with van der Waals surface area (Å²) in [7, 11) is 0. The summed E-state index contributed by atoms with van der Waals surface area (Å²) in [6, 6.07) is 2.08. The summed E-state index contributed by atoms with van der Waals surface area (Å²) in [6.45, 7) is 1.67. The number of primary amides is 1. The fourth-order valence-corrected chi connectivity index (χ4v) is 5.21. The third kappa shape index (κ3) is 3.68. The molecule has 3 atom stereocenters. The predicted octanol–water partition coefficient (Wildman–Crippen LogP) is 2.56. The third-order valence-electron chi connectivity index (χ3n) is 5.71. The van der Waals surface area contributed by atoms with Crippen LogP contribution in [0.4, 0.5) is 28.9 Å². The number of halogens is 3. The maximum atomic E-state index is 15.3. The molecule has 8 nitrogen and oxygen atoms in total. The van der Waals surface area contributed by atoms with E-state index in [9.17, 15) is 18.7 Å². The number of piperazine rings is 1. The van der Waals surface area contributed by atoms with Gasteiger partial charge in [0.25, 0.3) is 10.9 Å². The van der Waals surface area contributed by atoms with Crippen LogP contribution in [-0.4, -0.2) is 63.4 Å². The molecule has 0 spiro atoms. The second-order valence-electron chi connectivity index (χ2n) is 7.76. The number of carbonyl (C=O) groups is 1. The number of carbonyl (C=O) groups excluding carboxylic acids is 1. The van der Waals surface area contributed by atoms with Gasteiger partial charge in [-0.05, 0) is 19.1 Å². The van der Waals surface area contributed by atoms with Gasteiger partial charge in [-0.25, -0.2) is 23.0 Å². The van der Waals surface area contributed by atoms with Gasteiger partial charge in [-0.1, -0.05) is 11.3 Å². The van der Waals surface area contributed by atoms with E-state index in [1.807, 2.05) is 0 Å². The third-order valence-corrected chi connectivity index (χ3v) is 6.88. The second-order valence-corrected chi connectivity index (χ2v) is 8.77. The number of aliphatic hydroxyl groups excluding tert-OH is 2. The smallest absolute Gasteiger partial charge is 0.315 e. The molecule has 2 aromatic heterocycles. The first kappa shape index (κ1) is 22.4. The van der Waals surface area contributed by atoms with Gasteiger partial charge in [0.05, 0.1) is 29.4 Å². The molecule has 12 heteroatoms. The minimum Gasteiger partial charge on any atom is -0.393 e. The number of aliphatic hydroxyl groups is 2. The van der Waals surface area contributed by atoms with Gasteiger partial charge < -0.3 is 20.8 Å². The number of amides is 2. The zero-order chi connectivity index (χ0) is 23.2. The van der Waals surface area contributed by atoms with Crippen LogP contribution in [0.5, 0.6) is 0 Å². The lowest BCUT2D eigenvalue weighted by Crippen LogP contribution is -2.63. The topological polar surface area (TPSA) is 113 Å². The normalized spacial score (nSPS) is 22.3. The number of nitrogens with zero attached hydrogens (tertiary/aromatic N) is 4. The highest BCUT2D eigenvalue weighted by Gasteiger charge is 2.47. The van der Waals surface area contributed by atoms with Crippen LogP contribution >= 0.6 is 11.3 Å². The van der Waals surface area contributed by atoms with Crippen molar-refractivity contribution in [1.82, 2.24) is 19.4 Å². The van der Waals surface area contributed by atoms with Crippen LogP contribution in [-0.2, 0) is 0 Å². The number of rotatable bonds is 4. The van der Waals surface area contributed by atoms with E-state index < -0.39 is 42.2 Å². The van der Waals surface area contributed by atoms with E-state index >= 15 is 4.39 Å². The molecule has 1 aromatic carbocycles. The highest BCUT2D eigenvalue weighted by Crippen LogP contribution is 2.42. The van der Waals surface area contributed by atoms with Gasteiger partial charge in [0.1, 0.15) is 19.2 Å². The van der Waals surface area contributed by atoms with Crippen LogP contribution in [0.1, 0.15) is 18.6 Å². The Morgan fingerprint density at radius 3 is 2.66 bits per heavy atom. The Morgan fingerprint density at radius 1 is 1.31 bits per heavy atom. The zero-order valence-electron chi connectivity index (χ0n) is 17.0. The van der Waals surface area contributed by atoms with E-state index in [1.54, 1.807) is 6.92 Å². The van der Waals surface area contributed by atoms with Crippen LogP contribution < -0.4 is 10.2 Å². The average Bonchev–Trinajstić information content (AvgIpc) is 3.16. The van der Waals surface area contributed by atoms with Gasteiger partial charge in [0.15, 0.2) is 11.6 Å². The number of quaternary nitrogens is 1. The highest BCUT2D eigenvalue weighted by atomic mass is 32.1. The highest BCUT2D eigenvalue weighted by molar-refractivity contribution is 7.22. The van der Waals surface area contributed by atoms with E-state index in [-0.39, 0.29) is 41.0 Å². The van der Waals surface area contributed by atoms with Gasteiger partial charge in [-0.3, -0.25) is 0 Å². The van der Waals surface area contributed by atoms with Crippen molar-refractivity contribution < 1.29 is 28.2 Å². The summed E-state index contributed by atoms with van der Waals surface area (Å²) in [5.41, 5.74) is 5.78. The Kier molecular flexibility index (Phi) is 5.79. The van der Waals surface area contributed by atoms with Crippen LogP contribution in [0.3, 0.4) is 0 Å². The summed E-state index contributed by atoms with van der Waals surface area (Å²) in [5, 5.41) is 19.3. The van der Waals surface area contributed by atoms with Crippen molar-refractivity contribution in [1.29, 1.82) is 0 Å². The molecular weight excluding hydrogens is 447 g/mol. The minimum absolute atomic E-state index is 0.0186. The molecule has 4 N–H and O–H groups in total. The van der Waals surface area contributed by atoms with E-state index in [4.69, 9.17) is 10.8 Å². The lowest BCUT2D eigenvalue weighted by molar-refractivity contribution is 0.0948. The molecule has 0 radical (unpaired) electrons. The number of urea groups is 1. The molecule has 3 aromatic rings. The number of hydrogen-bond donors (Lipinski definition) is 3. The molecular formula is C20H21F3N5O3S+. The van der Waals surface area contributed by atoms with Gasteiger partial charge in [-0.15, -0.1) is 0 Å². The molecule has 1 aliphatic heterocycles. The second kappa shape index (κ2) is 8.28. The summed E-state index contributed by atoms with van der Waals surface area (Å²) < 4.78 is 43.0. The van der Waals surface area contributed by atoms with Crippen molar-refractivity contribution in [2.24, 2.45) is 5.73 Å². The fraction of sp³-hybridized carbons (Fsp3) is 0.350. The van der Waals surface area contributed by atoms with Crippen molar-refractivity contribution in [2.45, 2.75) is 19.1 Å². The van der Waals surface area contributed by atoms with Crippen LogP contribution in [0.15, 0.2) is 24.4 Å². The number of thiazole rings is 1. The van der Waals surface area contributed by atoms with Gasteiger partial charge in [0, 0.05) is 17.8 Å². The molecule has 0 aliphatic carbocycles. The number of pyridine rings is 1. The van der Waals surface area contributed by atoms with Crippen LogP contribution in [0, 0.1) is 17.5 Å². The maximum Gasteiger partial charge on any atom is 0.315 e. The first-order chi connectivity index (χ1) is 15.2. The van der Waals surface area contributed by atoms with Crippen molar-refractivity contribution >= 4 is 38.5 Å². The largest absolute Gasteiger partial charge is 0.393 e. The summed E-state index contributed by atoms with van der Waals surface area (Å²) in [6.07, 6.45) is -0.0320. The molecule has 170 valence electrons. The van der Waals surface area contributed by atoms with E-state index in [0.717, 1.165) is 29.5 Å². The summed E-state index contributed by atoms with van der Waals surface area (Å²) in [4.78, 5) is 21.9. The monoisotopic (exact) mass is 468 g/mol. The molecule has 2 unspecified atom stereocenters. The van der Waals surface area contributed by atoms with Gasteiger partial charge in [-0.2, -0.15) is 9.37 Å². The predicted molar refractivity (Wildman–Crippen MR) is 113 cm³/mol. The fourth-order valence-electron chi connectivity index (χ4n) is 4.07. The molecule has 0 bridgehead atoms. The van der Waals surface area contributed by atoms with Gasteiger partial charge >= 0.3 is 6.03 Å². The summed E-state index contributed by atoms with van der Waals surface area (Å²) >= 11 is 1.08. The number of fused-ring (bicyclic) bond motifs is 1. The average molecular weight is 468 g/mol. The number of nitrogens with two attached hydrogens (primary N) is 1. The number of benzene rings is 1. The summed E-state index contributed by atoms with van der Waals surface area (Å²) in [5.74, 6) is -2.82.